The minimum atomic E-state index is -0.932. The van der Waals surface area contributed by atoms with E-state index >= 15 is 0 Å². The quantitative estimate of drug-likeness (QED) is 0.826. The minimum absolute atomic E-state index is 0.333. The molecule has 23 heavy (non-hydrogen) atoms. The average Bonchev–Trinajstić information content (AvgIpc) is 2.55. The summed E-state index contributed by atoms with van der Waals surface area (Å²) in [6.07, 6.45) is -0.260. The molecule has 120 valence electrons. The number of hydrogen-bond donors (Lipinski definition) is 1. The van der Waals surface area contributed by atoms with Crippen LogP contribution in [0.15, 0.2) is 54.6 Å². The van der Waals surface area contributed by atoms with Gasteiger partial charge in [-0.25, -0.2) is 0 Å². The number of benzene rings is 2. The lowest BCUT2D eigenvalue weighted by atomic mass is 10.1. The van der Waals surface area contributed by atoms with Gasteiger partial charge in [0.25, 0.3) is 5.91 Å². The highest BCUT2D eigenvalue weighted by molar-refractivity contribution is 6.30. The zero-order valence-electron chi connectivity index (χ0n) is 12.8. The highest BCUT2D eigenvalue weighted by Crippen LogP contribution is 2.17. The Morgan fingerprint density at radius 1 is 1.09 bits per heavy atom. The number of esters is 1. The molecule has 0 saturated carbocycles. The maximum atomic E-state index is 12.3. The Morgan fingerprint density at radius 3 is 2.35 bits per heavy atom. The summed E-state index contributed by atoms with van der Waals surface area (Å²) in [5.41, 5.74) is 1.71. The summed E-state index contributed by atoms with van der Waals surface area (Å²) >= 11 is 5.84. The van der Waals surface area contributed by atoms with Gasteiger partial charge in [-0.1, -0.05) is 54.1 Å². The number of nitrogens with one attached hydrogen (secondary N) is 1. The first-order valence-electron chi connectivity index (χ1n) is 7.30. The Bertz CT molecular complexity index is 656. The van der Waals surface area contributed by atoms with Crippen molar-refractivity contribution in [3.05, 3.63) is 70.7 Å². The second kappa shape index (κ2) is 8.34. The lowest BCUT2D eigenvalue weighted by molar-refractivity contribution is -0.154. The Balaban J connectivity index is 1.95. The molecule has 0 aliphatic carbocycles. The molecule has 0 spiro atoms. The van der Waals surface area contributed by atoms with Crippen molar-refractivity contribution >= 4 is 23.5 Å². The fourth-order valence-corrected chi connectivity index (χ4v) is 2.27. The first-order valence-corrected chi connectivity index (χ1v) is 7.68. The highest BCUT2D eigenvalue weighted by Gasteiger charge is 2.23. The standard InChI is InChI=1S/C18H18ClNO3/c1-13(21)23-17(15-5-3-2-4-6-15)18(22)20-12-11-14-7-9-16(19)10-8-14/h2-10,17H,11-12H2,1H3,(H,20,22). The van der Waals surface area contributed by atoms with E-state index < -0.39 is 12.1 Å². The molecule has 2 rings (SSSR count). The van der Waals surface area contributed by atoms with Gasteiger partial charge in [0, 0.05) is 24.1 Å². The van der Waals surface area contributed by atoms with Crippen molar-refractivity contribution in [2.75, 3.05) is 6.54 Å². The third kappa shape index (κ3) is 5.42. The molecule has 0 saturated heterocycles. The van der Waals surface area contributed by atoms with Crippen LogP contribution in [0.1, 0.15) is 24.2 Å². The maximum absolute atomic E-state index is 12.3. The molecule has 0 radical (unpaired) electrons. The molecule has 2 aromatic rings. The molecule has 0 heterocycles. The van der Waals surface area contributed by atoms with Crippen LogP contribution in [0.5, 0.6) is 0 Å². The number of hydrogen-bond acceptors (Lipinski definition) is 3. The molecule has 0 aliphatic rings. The van der Waals surface area contributed by atoms with E-state index in [4.69, 9.17) is 16.3 Å². The van der Waals surface area contributed by atoms with Crippen molar-refractivity contribution in [3.8, 4) is 0 Å². The number of carbonyl (C=O) groups excluding carboxylic acids is 2. The van der Waals surface area contributed by atoms with E-state index in [1.807, 2.05) is 30.3 Å². The maximum Gasteiger partial charge on any atom is 0.303 e. The molecule has 0 aromatic heterocycles. The third-order valence-corrected chi connectivity index (χ3v) is 3.50. The first kappa shape index (κ1) is 17.0. The molecule has 1 unspecified atom stereocenters. The second-order valence-electron chi connectivity index (χ2n) is 5.07. The highest BCUT2D eigenvalue weighted by atomic mass is 35.5. The molecule has 1 atom stereocenters. The van der Waals surface area contributed by atoms with Crippen LogP contribution in [-0.2, 0) is 20.7 Å². The van der Waals surface area contributed by atoms with Gasteiger partial charge in [-0.3, -0.25) is 9.59 Å². The molecule has 0 fully saturated rings. The normalized spacial score (nSPS) is 11.6. The van der Waals surface area contributed by atoms with Gasteiger partial charge in [-0.05, 0) is 24.1 Å². The Morgan fingerprint density at radius 2 is 1.74 bits per heavy atom. The summed E-state index contributed by atoms with van der Waals surface area (Å²) in [6, 6.07) is 16.4. The number of amides is 1. The van der Waals surface area contributed by atoms with Crippen molar-refractivity contribution in [2.45, 2.75) is 19.4 Å². The molecule has 4 nitrogen and oxygen atoms in total. The van der Waals surface area contributed by atoms with Crippen LogP contribution in [0.2, 0.25) is 5.02 Å². The molecular formula is C18H18ClNO3. The Hall–Kier alpha value is -2.33. The zero-order chi connectivity index (χ0) is 16.7. The van der Waals surface area contributed by atoms with Gasteiger partial charge >= 0.3 is 5.97 Å². The third-order valence-electron chi connectivity index (χ3n) is 3.25. The Kier molecular flexibility index (Phi) is 6.18. The van der Waals surface area contributed by atoms with Gasteiger partial charge in [0.05, 0.1) is 0 Å². The molecular weight excluding hydrogens is 314 g/mol. The minimum Gasteiger partial charge on any atom is -0.447 e. The Labute approximate surface area is 140 Å². The van der Waals surface area contributed by atoms with Gasteiger partial charge in [0.1, 0.15) is 0 Å². The van der Waals surface area contributed by atoms with Gasteiger partial charge in [0.15, 0.2) is 0 Å². The molecule has 0 aliphatic heterocycles. The number of carbonyl (C=O) groups is 2. The van der Waals surface area contributed by atoms with Crippen LogP contribution in [0.4, 0.5) is 0 Å². The fourth-order valence-electron chi connectivity index (χ4n) is 2.14. The summed E-state index contributed by atoms with van der Waals surface area (Å²) in [5.74, 6) is -0.827. The van der Waals surface area contributed by atoms with Crippen LogP contribution in [0, 0.1) is 0 Å². The summed E-state index contributed by atoms with van der Waals surface area (Å²) in [7, 11) is 0. The summed E-state index contributed by atoms with van der Waals surface area (Å²) in [4.78, 5) is 23.6. The van der Waals surface area contributed by atoms with Gasteiger partial charge in [-0.15, -0.1) is 0 Å². The molecule has 1 N–H and O–H groups in total. The predicted octanol–water partition coefficient (Wildman–Crippen LogP) is 3.30. The monoisotopic (exact) mass is 331 g/mol. The van der Waals surface area contributed by atoms with Crippen molar-refractivity contribution in [2.24, 2.45) is 0 Å². The smallest absolute Gasteiger partial charge is 0.303 e. The van der Waals surface area contributed by atoms with E-state index in [1.54, 1.807) is 24.3 Å². The van der Waals surface area contributed by atoms with Crippen LogP contribution < -0.4 is 5.32 Å². The van der Waals surface area contributed by atoms with Crippen LogP contribution in [-0.4, -0.2) is 18.4 Å². The van der Waals surface area contributed by atoms with Crippen molar-refractivity contribution in [3.63, 3.8) is 0 Å². The van der Waals surface area contributed by atoms with Crippen molar-refractivity contribution < 1.29 is 14.3 Å². The topological polar surface area (TPSA) is 55.4 Å². The fraction of sp³-hybridized carbons (Fsp3) is 0.222. The zero-order valence-corrected chi connectivity index (χ0v) is 13.5. The van der Waals surface area contributed by atoms with Gasteiger partial charge in [0.2, 0.25) is 6.10 Å². The SMILES string of the molecule is CC(=O)OC(C(=O)NCCc1ccc(Cl)cc1)c1ccccc1. The number of rotatable bonds is 6. The first-order chi connectivity index (χ1) is 11.1. The largest absolute Gasteiger partial charge is 0.447 e. The van der Waals surface area contributed by atoms with E-state index in [2.05, 4.69) is 5.32 Å². The van der Waals surface area contributed by atoms with Gasteiger partial charge in [-0.2, -0.15) is 0 Å². The molecule has 5 heteroatoms. The summed E-state index contributed by atoms with van der Waals surface area (Å²) < 4.78 is 5.15. The predicted molar refractivity (Wildman–Crippen MR) is 89.1 cm³/mol. The van der Waals surface area contributed by atoms with Crippen LogP contribution >= 0.6 is 11.6 Å². The second-order valence-corrected chi connectivity index (χ2v) is 5.50. The van der Waals surface area contributed by atoms with Crippen molar-refractivity contribution in [1.82, 2.24) is 5.32 Å². The van der Waals surface area contributed by atoms with E-state index in [-0.39, 0.29) is 5.91 Å². The van der Waals surface area contributed by atoms with E-state index in [0.29, 0.717) is 23.6 Å². The van der Waals surface area contributed by atoms with Gasteiger partial charge < -0.3 is 10.1 Å². The number of halogens is 1. The van der Waals surface area contributed by atoms with Crippen molar-refractivity contribution in [1.29, 1.82) is 0 Å². The van der Waals surface area contributed by atoms with E-state index in [9.17, 15) is 9.59 Å². The van der Waals surface area contributed by atoms with Crippen LogP contribution in [0.25, 0.3) is 0 Å². The molecule has 0 bridgehead atoms. The average molecular weight is 332 g/mol. The molecule has 2 aromatic carbocycles. The summed E-state index contributed by atoms with van der Waals surface area (Å²) in [5, 5.41) is 3.48. The summed E-state index contributed by atoms with van der Waals surface area (Å²) in [6.45, 7) is 1.74. The number of ether oxygens (including phenoxy) is 1. The van der Waals surface area contributed by atoms with Crippen LogP contribution in [0.3, 0.4) is 0 Å². The van der Waals surface area contributed by atoms with E-state index in [0.717, 1.165) is 5.56 Å². The van der Waals surface area contributed by atoms with E-state index in [1.165, 1.54) is 6.92 Å². The lowest BCUT2D eigenvalue weighted by Crippen LogP contribution is -2.33. The lowest BCUT2D eigenvalue weighted by Gasteiger charge is -2.17. The molecule has 1 amide bonds.